The molecule has 0 aromatic heterocycles. The molecule has 118 valence electrons. The maximum absolute atomic E-state index is 5.90. The third-order valence-corrected chi connectivity index (χ3v) is 4.34. The largest absolute Gasteiger partial charge is 0.454 e. The van der Waals surface area contributed by atoms with Gasteiger partial charge in [-0.25, -0.2) is 0 Å². The molecule has 0 bridgehead atoms. The van der Waals surface area contributed by atoms with E-state index in [0.717, 1.165) is 17.1 Å². The predicted octanol–water partition coefficient (Wildman–Crippen LogP) is 3.91. The summed E-state index contributed by atoms with van der Waals surface area (Å²) >= 11 is 0. The number of ether oxygens (including phenoxy) is 4. The molecule has 2 aliphatic heterocycles. The Kier molecular flexibility index (Phi) is 3.75. The van der Waals surface area contributed by atoms with Gasteiger partial charge in [-0.1, -0.05) is 24.3 Å². The zero-order chi connectivity index (χ0) is 15.8. The second kappa shape index (κ2) is 5.45. The Morgan fingerprint density at radius 3 is 2.36 bits per heavy atom. The van der Waals surface area contributed by atoms with E-state index in [9.17, 15) is 0 Å². The van der Waals surface area contributed by atoms with Crippen LogP contribution < -0.4 is 9.47 Å². The van der Waals surface area contributed by atoms with E-state index in [1.165, 1.54) is 0 Å². The average Bonchev–Trinajstić information content (AvgIpc) is 2.97. The number of hydrogen-bond acceptors (Lipinski definition) is 4. The standard InChI is InChI=1S/C18H22O4/c1-17(2)18(3,4)22-16(21-17)8-6-5-7-13-9-10-14-15(11-13)20-12-19-14/h5-11,16H,12H2,1-4H3/b7-5+,8-6+. The minimum absolute atomic E-state index is 0.296. The molecule has 2 aliphatic rings. The van der Waals surface area contributed by atoms with Crippen LogP contribution >= 0.6 is 0 Å². The van der Waals surface area contributed by atoms with Crippen LogP contribution in [0.3, 0.4) is 0 Å². The Bertz CT molecular complexity index is 598. The maximum Gasteiger partial charge on any atom is 0.231 e. The van der Waals surface area contributed by atoms with Gasteiger partial charge in [0.15, 0.2) is 17.8 Å². The molecule has 22 heavy (non-hydrogen) atoms. The summed E-state index contributed by atoms with van der Waals surface area (Å²) in [6.45, 7) is 8.48. The Morgan fingerprint density at radius 2 is 1.64 bits per heavy atom. The molecule has 0 radical (unpaired) electrons. The van der Waals surface area contributed by atoms with Crippen LogP contribution in [-0.4, -0.2) is 24.3 Å². The smallest absolute Gasteiger partial charge is 0.231 e. The van der Waals surface area contributed by atoms with Crippen molar-refractivity contribution in [3.63, 3.8) is 0 Å². The second-order valence-corrected chi connectivity index (χ2v) is 6.48. The van der Waals surface area contributed by atoms with Crippen LogP contribution in [0.25, 0.3) is 6.08 Å². The second-order valence-electron chi connectivity index (χ2n) is 6.48. The van der Waals surface area contributed by atoms with Gasteiger partial charge in [0.1, 0.15) is 0 Å². The summed E-state index contributed by atoms with van der Waals surface area (Å²) in [5.41, 5.74) is 0.453. The van der Waals surface area contributed by atoms with Gasteiger partial charge >= 0.3 is 0 Å². The van der Waals surface area contributed by atoms with Crippen LogP contribution in [0.5, 0.6) is 11.5 Å². The van der Waals surface area contributed by atoms with Gasteiger partial charge in [-0.05, 0) is 51.5 Å². The molecule has 0 amide bonds. The molecule has 1 fully saturated rings. The van der Waals surface area contributed by atoms with Crippen molar-refractivity contribution in [3.8, 4) is 11.5 Å². The van der Waals surface area contributed by atoms with Crippen molar-refractivity contribution in [1.82, 2.24) is 0 Å². The van der Waals surface area contributed by atoms with Crippen molar-refractivity contribution < 1.29 is 18.9 Å². The van der Waals surface area contributed by atoms with E-state index in [2.05, 4.69) is 0 Å². The molecule has 1 saturated heterocycles. The van der Waals surface area contributed by atoms with E-state index in [4.69, 9.17) is 18.9 Å². The summed E-state index contributed by atoms with van der Waals surface area (Å²) < 4.78 is 22.4. The summed E-state index contributed by atoms with van der Waals surface area (Å²) in [6, 6.07) is 5.87. The van der Waals surface area contributed by atoms with Crippen molar-refractivity contribution in [2.45, 2.75) is 45.2 Å². The van der Waals surface area contributed by atoms with Crippen LogP contribution in [0.4, 0.5) is 0 Å². The lowest BCUT2D eigenvalue weighted by Gasteiger charge is -2.30. The van der Waals surface area contributed by atoms with Crippen molar-refractivity contribution >= 4 is 6.08 Å². The Labute approximate surface area is 131 Å². The zero-order valence-electron chi connectivity index (χ0n) is 13.5. The summed E-state index contributed by atoms with van der Waals surface area (Å²) in [5.74, 6) is 1.59. The van der Waals surface area contributed by atoms with Crippen LogP contribution in [-0.2, 0) is 9.47 Å². The predicted molar refractivity (Wildman–Crippen MR) is 84.9 cm³/mol. The van der Waals surface area contributed by atoms with Gasteiger partial charge in [0.05, 0.1) is 11.2 Å². The van der Waals surface area contributed by atoms with Crippen LogP contribution in [0.1, 0.15) is 33.3 Å². The lowest BCUT2D eigenvalue weighted by Crippen LogP contribution is -2.41. The maximum atomic E-state index is 5.90. The lowest BCUT2D eigenvalue weighted by molar-refractivity contribution is -0.0505. The van der Waals surface area contributed by atoms with Gasteiger partial charge in [-0.15, -0.1) is 0 Å². The highest BCUT2D eigenvalue weighted by molar-refractivity contribution is 5.57. The Balaban J connectivity index is 1.61. The molecular formula is C18H22O4. The highest BCUT2D eigenvalue weighted by Crippen LogP contribution is 2.38. The molecule has 2 heterocycles. The van der Waals surface area contributed by atoms with E-state index < -0.39 is 0 Å². The van der Waals surface area contributed by atoms with E-state index in [1.807, 2.05) is 70.2 Å². The van der Waals surface area contributed by atoms with E-state index in [-0.39, 0.29) is 17.5 Å². The van der Waals surface area contributed by atoms with Gasteiger partial charge in [-0.3, -0.25) is 0 Å². The third-order valence-electron chi connectivity index (χ3n) is 4.34. The van der Waals surface area contributed by atoms with Gasteiger partial charge in [-0.2, -0.15) is 0 Å². The topological polar surface area (TPSA) is 36.9 Å². The third kappa shape index (κ3) is 2.89. The number of rotatable bonds is 3. The zero-order valence-corrected chi connectivity index (χ0v) is 13.5. The molecule has 0 saturated carbocycles. The first-order valence-corrected chi connectivity index (χ1v) is 7.48. The fourth-order valence-corrected chi connectivity index (χ4v) is 2.31. The Hall–Kier alpha value is -1.78. The molecule has 0 aliphatic carbocycles. The molecule has 0 spiro atoms. The molecule has 4 nitrogen and oxygen atoms in total. The van der Waals surface area contributed by atoms with Gasteiger partial charge in [0.2, 0.25) is 6.79 Å². The summed E-state index contributed by atoms with van der Waals surface area (Å²) in [4.78, 5) is 0. The number of hydrogen-bond donors (Lipinski definition) is 0. The van der Waals surface area contributed by atoms with Crippen LogP contribution in [0.15, 0.2) is 36.4 Å². The molecule has 1 aromatic carbocycles. The van der Waals surface area contributed by atoms with E-state index in [0.29, 0.717) is 6.79 Å². The van der Waals surface area contributed by atoms with Crippen molar-refractivity contribution in [3.05, 3.63) is 42.0 Å². The molecule has 0 N–H and O–H groups in total. The molecule has 0 unspecified atom stereocenters. The van der Waals surface area contributed by atoms with Crippen molar-refractivity contribution in [1.29, 1.82) is 0 Å². The van der Waals surface area contributed by atoms with Gasteiger partial charge in [0.25, 0.3) is 0 Å². The summed E-state index contributed by atoms with van der Waals surface area (Å²) in [7, 11) is 0. The van der Waals surface area contributed by atoms with Crippen molar-refractivity contribution in [2.24, 2.45) is 0 Å². The SMILES string of the molecule is CC1(C)OC(/C=C/C=C/c2ccc3c(c2)OCO3)OC1(C)C. The number of allylic oxidation sites excluding steroid dienone is 2. The molecular weight excluding hydrogens is 280 g/mol. The van der Waals surface area contributed by atoms with E-state index >= 15 is 0 Å². The molecule has 4 heteroatoms. The summed E-state index contributed by atoms with van der Waals surface area (Å²) in [6.07, 6.45) is 7.50. The minimum atomic E-state index is -0.314. The monoisotopic (exact) mass is 302 g/mol. The highest BCUT2D eigenvalue weighted by atomic mass is 16.7. The first kappa shape index (κ1) is 15.1. The molecule has 3 rings (SSSR count). The number of benzene rings is 1. The van der Waals surface area contributed by atoms with Crippen LogP contribution in [0.2, 0.25) is 0 Å². The lowest BCUT2D eigenvalue weighted by atomic mass is 9.90. The average molecular weight is 302 g/mol. The quantitative estimate of drug-likeness (QED) is 0.793. The van der Waals surface area contributed by atoms with Crippen LogP contribution in [0, 0.1) is 0 Å². The minimum Gasteiger partial charge on any atom is -0.454 e. The fraction of sp³-hybridized carbons (Fsp3) is 0.444. The van der Waals surface area contributed by atoms with Gasteiger partial charge in [0, 0.05) is 0 Å². The number of fused-ring (bicyclic) bond motifs is 1. The fourth-order valence-electron chi connectivity index (χ4n) is 2.31. The normalized spacial score (nSPS) is 22.9. The van der Waals surface area contributed by atoms with Crippen molar-refractivity contribution in [2.75, 3.05) is 6.79 Å². The first-order chi connectivity index (χ1) is 10.4. The first-order valence-electron chi connectivity index (χ1n) is 7.48. The van der Waals surface area contributed by atoms with E-state index in [1.54, 1.807) is 0 Å². The Morgan fingerprint density at radius 1 is 0.955 bits per heavy atom. The highest BCUT2D eigenvalue weighted by Gasteiger charge is 2.48. The molecule has 1 aromatic rings. The summed E-state index contributed by atoms with van der Waals surface area (Å²) in [5, 5.41) is 0. The van der Waals surface area contributed by atoms with Gasteiger partial charge < -0.3 is 18.9 Å². The molecule has 0 atom stereocenters.